The second-order valence-electron chi connectivity index (χ2n) is 7.94. The number of amides is 2. The van der Waals surface area contributed by atoms with E-state index in [2.05, 4.69) is 32.3 Å². The van der Waals surface area contributed by atoms with Crippen LogP contribution >= 0.6 is 0 Å². The minimum atomic E-state index is -0.0317. The largest absolute Gasteiger partial charge is 0.340 e. The zero-order valence-corrected chi connectivity index (χ0v) is 18.7. The van der Waals surface area contributed by atoms with Gasteiger partial charge in [-0.2, -0.15) is 4.98 Å². The zero-order chi connectivity index (χ0) is 23.0. The van der Waals surface area contributed by atoms with Crippen molar-refractivity contribution in [3.05, 3.63) is 60.1 Å². The smallest absolute Gasteiger partial charge is 0.238 e. The summed E-state index contributed by atoms with van der Waals surface area (Å²) in [5.41, 5.74) is 2.62. The fourth-order valence-electron chi connectivity index (χ4n) is 3.83. The molecule has 172 valence electrons. The van der Waals surface area contributed by atoms with E-state index in [-0.39, 0.29) is 11.8 Å². The number of anilines is 1. The van der Waals surface area contributed by atoms with Gasteiger partial charge < -0.3 is 14.7 Å². The predicted octanol–water partition coefficient (Wildman–Crippen LogP) is 2.41. The third kappa shape index (κ3) is 6.01. The molecule has 3 heterocycles. The van der Waals surface area contributed by atoms with Crippen LogP contribution in [0.4, 0.5) is 5.69 Å². The van der Waals surface area contributed by atoms with E-state index in [9.17, 15) is 9.59 Å². The Balaban J connectivity index is 1.20. The summed E-state index contributed by atoms with van der Waals surface area (Å²) < 4.78 is 5.26. The number of pyridine rings is 1. The maximum absolute atomic E-state index is 12.6. The van der Waals surface area contributed by atoms with Crippen LogP contribution in [-0.4, -0.2) is 69.5 Å². The van der Waals surface area contributed by atoms with Crippen molar-refractivity contribution in [2.75, 3.05) is 38.0 Å². The SMILES string of the molecule is CCc1ccccc1NC(=O)CN1CCN(C(=O)CCc2nc(-c3ccccn3)no2)CC1. The molecule has 9 nitrogen and oxygen atoms in total. The standard InChI is InChI=1S/C24H28N6O3/c1-2-18-7-3-4-8-19(18)26-21(31)17-29-13-15-30(16-14-29)23(32)11-10-22-27-24(28-33-22)20-9-5-6-12-25-20/h3-9,12H,2,10-11,13-17H2,1H3,(H,26,31). The van der Waals surface area contributed by atoms with Gasteiger partial charge in [0.15, 0.2) is 0 Å². The molecule has 0 bridgehead atoms. The highest BCUT2D eigenvalue weighted by molar-refractivity contribution is 5.93. The lowest BCUT2D eigenvalue weighted by Crippen LogP contribution is -2.50. The Morgan fingerprint density at radius 2 is 1.85 bits per heavy atom. The molecule has 1 aliphatic rings. The molecule has 1 aromatic carbocycles. The van der Waals surface area contributed by atoms with E-state index in [0.29, 0.717) is 63.0 Å². The first-order valence-corrected chi connectivity index (χ1v) is 11.2. The van der Waals surface area contributed by atoms with Crippen LogP contribution in [-0.2, 0) is 22.4 Å². The van der Waals surface area contributed by atoms with E-state index in [1.54, 1.807) is 6.20 Å². The number of hydrogen-bond acceptors (Lipinski definition) is 7. The predicted molar refractivity (Wildman–Crippen MR) is 123 cm³/mol. The molecule has 1 N–H and O–H groups in total. The average molecular weight is 449 g/mol. The maximum atomic E-state index is 12.6. The molecule has 9 heteroatoms. The van der Waals surface area contributed by atoms with E-state index < -0.39 is 0 Å². The van der Waals surface area contributed by atoms with Crippen LogP contribution in [0.1, 0.15) is 24.8 Å². The molecule has 4 rings (SSSR count). The van der Waals surface area contributed by atoms with Crippen LogP contribution in [0.15, 0.2) is 53.2 Å². The molecule has 0 unspecified atom stereocenters. The number of hydrogen-bond donors (Lipinski definition) is 1. The molecule has 0 spiro atoms. The molecule has 1 aliphatic heterocycles. The topological polar surface area (TPSA) is 104 Å². The number of carbonyl (C=O) groups is 2. The van der Waals surface area contributed by atoms with Crippen molar-refractivity contribution in [2.45, 2.75) is 26.2 Å². The van der Waals surface area contributed by atoms with Crippen LogP contribution < -0.4 is 5.32 Å². The Labute approximate surface area is 192 Å². The number of nitrogens with zero attached hydrogens (tertiary/aromatic N) is 5. The van der Waals surface area contributed by atoms with Gasteiger partial charge in [0.1, 0.15) is 5.69 Å². The summed E-state index contributed by atoms with van der Waals surface area (Å²) in [7, 11) is 0. The Morgan fingerprint density at radius 1 is 1.06 bits per heavy atom. The molecule has 0 aliphatic carbocycles. The highest BCUT2D eigenvalue weighted by Gasteiger charge is 2.23. The van der Waals surface area contributed by atoms with Crippen molar-refractivity contribution in [3.63, 3.8) is 0 Å². The Kier molecular flexibility index (Phi) is 7.41. The highest BCUT2D eigenvalue weighted by atomic mass is 16.5. The van der Waals surface area contributed by atoms with Gasteiger partial charge in [-0.25, -0.2) is 0 Å². The van der Waals surface area contributed by atoms with Gasteiger partial charge in [-0.15, -0.1) is 0 Å². The molecule has 1 fully saturated rings. The van der Waals surface area contributed by atoms with Gasteiger partial charge in [-0.3, -0.25) is 19.5 Å². The van der Waals surface area contributed by atoms with Crippen LogP contribution in [0, 0.1) is 0 Å². The molecule has 2 amide bonds. The minimum Gasteiger partial charge on any atom is -0.340 e. The van der Waals surface area contributed by atoms with E-state index in [1.807, 2.05) is 47.4 Å². The van der Waals surface area contributed by atoms with Crippen LogP contribution in [0.5, 0.6) is 0 Å². The molecule has 0 atom stereocenters. The highest BCUT2D eigenvalue weighted by Crippen LogP contribution is 2.16. The number of carbonyl (C=O) groups excluding carboxylic acids is 2. The van der Waals surface area contributed by atoms with Gasteiger partial charge in [-0.05, 0) is 30.2 Å². The zero-order valence-electron chi connectivity index (χ0n) is 18.7. The summed E-state index contributed by atoms with van der Waals surface area (Å²) >= 11 is 0. The lowest BCUT2D eigenvalue weighted by molar-refractivity contribution is -0.133. The summed E-state index contributed by atoms with van der Waals surface area (Å²) in [6.45, 7) is 4.91. The van der Waals surface area contributed by atoms with Crippen molar-refractivity contribution >= 4 is 17.5 Å². The fourth-order valence-corrected chi connectivity index (χ4v) is 3.83. The summed E-state index contributed by atoms with van der Waals surface area (Å²) in [6, 6.07) is 13.3. The molecular weight excluding hydrogens is 420 g/mol. The Bertz CT molecular complexity index is 1080. The average Bonchev–Trinajstić information content (AvgIpc) is 3.33. The molecular formula is C24H28N6O3. The second-order valence-corrected chi connectivity index (χ2v) is 7.94. The van der Waals surface area contributed by atoms with Crippen molar-refractivity contribution < 1.29 is 14.1 Å². The number of rotatable bonds is 8. The van der Waals surface area contributed by atoms with Gasteiger partial charge in [0.2, 0.25) is 23.5 Å². The quantitative estimate of drug-likeness (QED) is 0.564. The fraction of sp³-hybridized carbons (Fsp3) is 0.375. The van der Waals surface area contributed by atoms with Crippen LogP contribution in [0.25, 0.3) is 11.5 Å². The lowest BCUT2D eigenvalue weighted by atomic mass is 10.1. The van der Waals surface area contributed by atoms with E-state index in [4.69, 9.17) is 4.52 Å². The third-order valence-electron chi connectivity index (χ3n) is 5.68. The Hall–Kier alpha value is -3.59. The van der Waals surface area contributed by atoms with E-state index in [1.165, 1.54) is 0 Å². The maximum Gasteiger partial charge on any atom is 0.238 e. The molecule has 3 aromatic rings. The number of benzene rings is 1. The number of piperazine rings is 1. The molecule has 0 radical (unpaired) electrons. The van der Waals surface area contributed by atoms with Crippen molar-refractivity contribution in [2.24, 2.45) is 0 Å². The van der Waals surface area contributed by atoms with Gasteiger partial charge in [-0.1, -0.05) is 36.3 Å². The number of nitrogens with one attached hydrogen (secondary N) is 1. The lowest BCUT2D eigenvalue weighted by Gasteiger charge is -2.34. The monoisotopic (exact) mass is 448 g/mol. The van der Waals surface area contributed by atoms with Crippen molar-refractivity contribution in [1.29, 1.82) is 0 Å². The first-order chi connectivity index (χ1) is 16.1. The summed E-state index contributed by atoms with van der Waals surface area (Å²) in [6.07, 6.45) is 3.23. The minimum absolute atomic E-state index is 0.0317. The first-order valence-electron chi connectivity index (χ1n) is 11.2. The van der Waals surface area contributed by atoms with E-state index >= 15 is 0 Å². The third-order valence-corrected chi connectivity index (χ3v) is 5.68. The van der Waals surface area contributed by atoms with Crippen LogP contribution in [0.3, 0.4) is 0 Å². The van der Waals surface area contributed by atoms with Gasteiger partial charge >= 0.3 is 0 Å². The second kappa shape index (κ2) is 10.8. The molecule has 1 saturated heterocycles. The van der Waals surface area contributed by atoms with Crippen molar-refractivity contribution in [1.82, 2.24) is 24.9 Å². The van der Waals surface area contributed by atoms with Crippen LogP contribution in [0.2, 0.25) is 0 Å². The number of aromatic nitrogens is 3. The molecule has 33 heavy (non-hydrogen) atoms. The summed E-state index contributed by atoms with van der Waals surface area (Å²) in [4.78, 5) is 37.5. The normalized spacial score (nSPS) is 14.3. The summed E-state index contributed by atoms with van der Waals surface area (Å²) in [5.74, 6) is 0.863. The van der Waals surface area contributed by atoms with Crippen molar-refractivity contribution in [3.8, 4) is 11.5 Å². The van der Waals surface area contributed by atoms with Gasteiger partial charge in [0.25, 0.3) is 0 Å². The van der Waals surface area contributed by atoms with E-state index in [0.717, 1.165) is 17.7 Å². The molecule has 2 aromatic heterocycles. The number of para-hydroxylation sites is 1. The molecule has 0 saturated carbocycles. The first kappa shape index (κ1) is 22.6. The Morgan fingerprint density at radius 3 is 2.61 bits per heavy atom. The summed E-state index contributed by atoms with van der Waals surface area (Å²) in [5, 5.41) is 6.94. The van der Waals surface area contributed by atoms with Gasteiger partial charge in [0.05, 0.1) is 6.54 Å². The number of aryl methyl sites for hydroxylation is 2. The van der Waals surface area contributed by atoms with Gasteiger partial charge in [0, 0.05) is 50.9 Å².